The summed E-state index contributed by atoms with van der Waals surface area (Å²) in [5.74, 6) is 0.596. The highest BCUT2D eigenvalue weighted by molar-refractivity contribution is 7.91. The molecule has 0 heterocycles. The molecule has 6 heteroatoms. The Morgan fingerprint density at radius 2 is 2.11 bits per heavy atom. The van der Waals surface area contributed by atoms with Gasteiger partial charge in [0.25, 0.3) is 0 Å². The molecule has 1 aromatic carbocycles. The van der Waals surface area contributed by atoms with Crippen molar-refractivity contribution in [1.29, 1.82) is 0 Å². The van der Waals surface area contributed by atoms with E-state index in [2.05, 4.69) is 0 Å². The van der Waals surface area contributed by atoms with Gasteiger partial charge in [0.05, 0.1) is 17.8 Å². The van der Waals surface area contributed by atoms with Gasteiger partial charge >= 0.3 is 0 Å². The Morgan fingerprint density at radius 3 is 2.67 bits per heavy atom. The zero-order valence-electron chi connectivity index (χ0n) is 10.4. The number of hydrogen-bond donors (Lipinski definition) is 1. The maximum absolute atomic E-state index is 11.9. The molecule has 1 rings (SSSR count). The summed E-state index contributed by atoms with van der Waals surface area (Å²) in [6, 6.07) is 4.92. The van der Waals surface area contributed by atoms with Crippen LogP contribution < -0.4 is 10.5 Å². The van der Waals surface area contributed by atoms with Crippen molar-refractivity contribution in [2.75, 3.05) is 25.3 Å². The lowest BCUT2D eigenvalue weighted by Crippen LogP contribution is -2.09. The van der Waals surface area contributed by atoms with Crippen molar-refractivity contribution in [3.05, 3.63) is 23.8 Å². The minimum absolute atomic E-state index is 0.0696. The quantitative estimate of drug-likeness (QED) is 0.775. The van der Waals surface area contributed by atoms with E-state index in [9.17, 15) is 8.42 Å². The summed E-state index contributed by atoms with van der Waals surface area (Å²) < 4.78 is 28.9. The number of sulfone groups is 1. The third-order valence-corrected chi connectivity index (χ3v) is 4.74. The van der Waals surface area contributed by atoms with Gasteiger partial charge in [0, 0.05) is 5.88 Å². The average molecular weight is 292 g/mol. The molecule has 0 saturated heterocycles. The highest BCUT2D eigenvalue weighted by atomic mass is 35.5. The lowest BCUT2D eigenvalue weighted by Gasteiger charge is -2.10. The predicted octanol–water partition coefficient (Wildman–Crippen LogP) is 1.60. The SMILES string of the molecule is COc1cc(S(=O)(=O)CCCl)ccc1CCCN. The number of rotatable bonds is 7. The van der Waals surface area contributed by atoms with Gasteiger partial charge in [-0.3, -0.25) is 0 Å². The van der Waals surface area contributed by atoms with Crippen LogP contribution in [0.25, 0.3) is 0 Å². The summed E-state index contributed by atoms with van der Waals surface area (Å²) in [4.78, 5) is 0.247. The van der Waals surface area contributed by atoms with E-state index < -0.39 is 9.84 Å². The Labute approximate surface area is 113 Å². The number of halogens is 1. The first kappa shape index (κ1) is 15.3. The molecule has 0 aromatic heterocycles. The van der Waals surface area contributed by atoms with Crippen LogP contribution in [0.1, 0.15) is 12.0 Å². The second-order valence-corrected chi connectivity index (χ2v) is 6.36. The van der Waals surface area contributed by atoms with Crippen LogP contribution in [-0.4, -0.2) is 33.7 Å². The summed E-state index contributed by atoms with van der Waals surface area (Å²) in [7, 11) is -1.79. The van der Waals surface area contributed by atoms with E-state index in [0.29, 0.717) is 12.3 Å². The molecule has 102 valence electrons. The van der Waals surface area contributed by atoms with Crippen LogP contribution >= 0.6 is 11.6 Å². The highest BCUT2D eigenvalue weighted by Crippen LogP contribution is 2.24. The lowest BCUT2D eigenvalue weighted by atomic mass is 10.1. The van der Waals surface area contributed by atoms with Gasteiger partial charge in [-0.25, -0.2) is 8.42 Å². The molecule has 0 spiro atoms. The first-order valence-electron chi connectivity index (χ1n) is 5.71. The van der Waals surface area contributed by atoms with Gasteiger partial charge in [-0.1, -0.05) is 6.07 Å². The molecular formula is C12H18ClNO3S. The van der Waals surface area contributed by atoms with Gasteiger partial charge in [-0.05, 0) is 37.1 Å². The van der Waals surface area contributed by atoms with Gasteiger partial charge in [-0.15, -0.1) is 11.6 Å². The van der Waals surface area contributed by atoms with Crippen LogP contribution in [0.3, 0.4) is 0 Å². The first-order chi connectivity index (χ1) is 8.55. The van der Waals surface area contributed by atoms with E-state index in [1.54, 1.807) is 18.2 Å². The standard InChI is InChI=1S/C12H18ClNO3S/c1-17-12-9-11(18(15,16)8-6-13)5-4-10(12)3-2-7-14/h4-5,9H,2-3,6-8,14H2,1H3. The molecule has 2 N–H and O–H groups in total. The van der Waals surface area contributed by atoms with E-state index in [1.807, 2.05) is 0 Å². The molecule has 0 atom stereocenters. The lowest BCUT2D eigenvalue weighted by molar-refractivity contribution is 0.408. The molecule has 1 aromatic rings. The smallest absolute Gasteiger partial charge is 0.179 e. The van der Waals surface area contributed by atoms with Crippen molar-refractivity contribution in [3.63, 3.8) is 0 Å². The van der Waals surface area contributed by atoms with Crippen molar-refractivity contribution in [3.8, 4) is 5.75 Å². The van der Waals surface area contributed by atoms with Crippen molar-refractivity contribution in [1.82, 2.24) is 0 Å². The first-order valence-corrected chi connectivity index (χ1v) is 7.89. The van der Waals surface area contributed by atoms with Crippen LogP contribution in [0, 0.1) is 0 Å². The molecule has 0 saturated carbocycles. The number of nitrogens with two attached hydrogens (primary N) is 1. The normalized spacial score (nSPS) is 11.5. The molecule has 0 fully saturated rings. The summed E-state index contributed by atoms with van der Waals surface area (Å²) in [5.41, 5.74) is 6.42. The fraction of sp³-hybridized carbons (Fsp3) is 0.500. The van der Waals surface area contributed by atoms with Gasteiger partial charge in [0.2, 0.25) is 0 Å². The number of methoxy groups -OCH3 is 1. The van der Waals surface area contributed by atoms with Crippen molar-refractivity contribution < 1.29 is 13.2 Å². The molecule has 0 unspecified atom stereocenters. The summed E-state index contributed by atoms with van der Waals surface area (Å²) in [6.07, 6.45) is 1.61. The van der Waals surface area contributed by atoms with E-state index in [1.165, 1.54) is 7.11 Å². The van der Waals surface area contributed by atoms with Crippen LogP contribution in [0.15, 0.2) is 23.1 Å². The second-order valence-electron chi connectivity index (χ2n) is 3.87. The predicted molar refractivity (Wildman–Crippen MR) is 73.1 cm³/mol. The van der Waals surface area contributed by atoms with Crippen LogP contribution in [0.4, 0.5) is 0 Å². The fourth-order valence-corrected chi connectivity index (χ4v) is 3.25. The average Bonchev–Trinajstić information content (AvgIpc) is 2.36. The van der Waals surface area contributed by atoms with E-state index in [0.717, 1.165) is 18.4 Å². The zero-order chi connectivity index (χ0) is 13.6. The van der Waals surface area contributed by atoms with E-state index in [-0.39, 0.29) is 16.5 Å². The molecular weight excluding hydrogens is 274 g/mol. The molecule has 18 heavy (non-hydrogen) atoms. The molecule has 0 bridgehead atoms. The minimum Gasteiger partial charge on any atom is -0.496 e. The molecule has 0 amide bonds. The highest BCUT2D eigenvalue weighted by Gasteiger charge is 2.15. The van der Waals surface area contributed by atoms with Crippen molar-refractivity contribution in [2.45, 2.75) is 17.7 Å². The Balaban J connectivity index is 3.05. The van der Waals surface area contributed by atoms with E-state index in [4.69, 9.17) is 22.1 Å². The van der Waals surface area contributed by atoms with Crippen molar-refractivity contribution in [2.24, 2.45) is 5.73 Å². The molecule has 4 nitrogen and oxygen atoms in total. The zero-order valence-corrected chi connectivity index (χ0v) is 11.9. The van der Waals surface area contributed by atoms with Gasteiger partial charge in [-0.2, -0.15) is 0 Å². The largest absolute Gasteiger partial charge is 0.496 e. The Morgan fingerprint density at radius 1 is 1.39 bits per heavy atom. The Hall–Kier alpha value is -0.780. The summed E-state index contributed by atoms with van der Waals surface area (Å²) in [6.45, 7) is 0.593. The minimum atomic E-state index is -3.32. The Kier molecular flexibility index (Phi) is 5.91. The fourth-order valence-electron chi connectivity index (χ4n) is 1.64. The topological polar surface area (TPSA) is 69.4 Å². The summed E-state index contributed by atoms with van der Waals surface area (Å²) in [5, 5.41) is 0. The van der Waals surface area contributed by atoms with Gasteiger partial charge < -0.3 is 10.5 Å². The van der Waals surface area contributed by atoms with Crippen LogP contribution in [0.5, 0.6) is 5.75 Å². The molecule has 0 aliphatic rings. The maximum Gasteiger partial charge on any atom is 0.179 e. The van der Waals surface area contributed by atoms with E-state index >= 15 is 0 Å². The van der Waals surface area contributed by atoms with Gasteiger partial charge in [0.1, 0.15) is 5.75 Å². The number of aryl methyl sites for hydroxylation is 1. The second kappa shape index (κ2) is 6.97. The molecule has 0 aliphatic carbocycles. The number of hydrogen-bond acceptors (Lipinski definition) is 4. The third-order valence-electron chi connectivity index (χ3n) is 2.61. The van der Waals surface area contributed by atoms with Crippen LogP contribution in [-0.2, 0) is 16.3 Å². The number of ether oxygens (including phenoxy) is 1. The molecule has 0 aliphatic heterocycles. The van der Waals surface area contributed by atoms with Gasteiger partial charge in [0.15, 0.2) is 9.84 Å². The third kappa shape index (κ3) is 3.86. The summed E-state index contributed by atoms with van der Waals surface area (Å²) >= 11 is 5.49. The number of alkyl halides is 1. The molecule has 0 radical (unpaired) electrons. The number of benzene rings is 1. The monoisotopic (exact) mass is 291 g/mol. The van der Waals surface area contributed by atoms with Crippen LogP contribution in [0.2, 0.25) is 0 Å². The van der Waals surface area contributed by atoms with Crippen molar-refractivity contribution >= 4 is 21.4 Å². The maximum atomic E-state index is 11.9. The Bertz CT molecular complexity index is 488.